The van der Waals surface area contributed by atoms with E-state index in [2.05, 4.69) is 16.5 Å². The molecule has 0 amide bonds. The van der Waals surface area contributed by atoms with Gasteiger partial charge in [0.25, 0.3) is 0 Å². The Labute approximate surface area is 90.1 Å². The lowest BCUT2D eigenvalue weighted by Crippen LogP contribution is -2.22. The first-order chi connectivity index (χ1) is 7.13. The van der Waals surface area contributed by atoms with E-state index in [1.165, 1.54) is 0 Å². The predicted molar refractivity (Wildman–Crippen MR) is 58.5 cm³/mol. The molecular formula is C11H19N3O. The molecule has 1 aromatic heterocycles. The molecule has 0 saturated heterocycles. The minimum atomic E-state index is -0.570. The summed E-state index contributed by atoms with van der Waals surface area (Å²) in [4.78, 5) is 4.52. The number of aliphatic hydroxyl groups is 1. The van der Waals surface area contributed by atoms with Crippen LogP contribution in [0.3, 0.4) is 0 Å². The lowest BCUT2D eigenvalue weighted by Gasteiger charge is -2.22. The number of hydrogen-bond donors (Lipinski definition) is 2. The highest BCUT2D eigenvalue weighted by atomic mass is 16.3. The Morgan fingerprint density at radius 1 is 1.67 bits per heavy atom. The molecule has 84 valence electrons. The topological polar surface area (TPSA) is 64.1 Å². The number of rotatable bonds is 2. The Hall–Kier alpha value is -0.870. The Morgan fingerprint density at radius 2 is 2.40 bits per heavy atom. The first-order valence-electron chi connectivity index (χ1n) is 5.57. The Morgan fingerprint density at radius 3 is 3.07 bits per heavy atom. The number of aliphatic hydroxyl groups excluding tert-OH is 1. The van der Waals surface area contributed by atoms with Gasteiger partial charge in [-0.3, -0.25) is 0 Å². The first kappa shape index (κ1) is 10.6. The molecule has 2 heterocycles. The fourth-order valence-corrected chi connectivity index (χ4v) is 2.35. The summed E-state index contributed by atoms with van der Waals surface area (Å²) in [6.45, 7) is 5.42. The molecule has 0 saturated carbocycles. The standard InChI is InChI=1S/C11H19N3O/c1-7-3-4-14-10(5-7)13-8(2)11(14)9(15)6-12/h7,9,15H,3-6,12H2,1-2H3. The van der Waals surface area contributed by atoms with Crippen molar-refractivity contribution in [3.63, 3.8) is 0 Å². The summed E-state index contributed by atoms with van der Waals surface area (Å²) >= 11 is 0. The van der Waals surface area contributed by atoms with Crippen LogP contribution < -0.4 is 5.73 Å². The van der Waals surface area contributed by atoms with Crippen molar-refractivity contribution in [3.05, 3.63) is 17.2 Å². The maximum Gasteiger partial charge on any atom is 0.109 e. The van der Waals surface area contributed by atoms with Gasteiger partial charge in [-0.2, -0.15) is 0 Å². The molecule has 0 spiro atoms. The van der Waals surface area contributed by atoms with E-state index in [-0.39, 0.29) is 6.54 Å². The van der Waals surface area contributed by atoms with Crippen LogP contribution in [0.2, 0.25) is 0 Å². The summed E-state index contributed by atoms with van der Waals surface area (Å²) in [5.74, 6) is 1.80. The zero-order valence-electron chi connectivity index (χ0n) is 9.40. The van der Waals surface area contributed by atoms with Gasteiger partial charge in [0.1, 0.15) is 11.9 Å². The van der Waals surface area contributed by atoms with Gasteiger partial charge < -0.3 is 15.4 Å². The van der Waals surface area contributed by atoms with Crippen LogP contribution in [0.25, 0.3) is 0 Å². The maximum atomic E-state index is 9.84. The van der Waals surface area contributed by atoms with Crippen molar-refractivity contribution in [1.82, 2.24) is 9.55 Å². The molecule has 4 nitrogen and oxygen atoms in total. The molecule has 0 bridgehead atoms. The zero-order valence-corrected chi connectivity index (χ0v) is 9.40. The molecule has 3 N–H and O–H groups in total. The quantitative estimate of drug-likeness (QED) is 0.756. The van der Waals surface area contributed by atoms with Crippen LogP contribution in [0.1, 0.15) is 36.7 Å². The molecular weight excluding hydrogens is 190 g/mol. The van der Waals surface area contributed by atoms with Gasteiger partial charge in [-0.25, -0.2) is 4.98 Å². The van der Waals surface area contributed by atoms with Crippen molar-refractivity contribution in [2.24, 2.45) is 11.7 Å². The molecule has 15 heavy (non-hydrogen) atoms. The summed E-state index contributed by atoms with van der Waals surface area (Å²) in [6.07, 6.45) is 1.60. The SMILES string of the molecule is Cc1nc2n(c1C(O)CN)CCC(C)C2. The number of imidazole rings is 1. The van der Waals surface area contributed by atoms with Gasteiger partial charge in [0.2, 0.25) is 0 Å². The lowest BCUT2D eigenvalue weighted by molar-refractivity contribution is 0.173. The molecule has 1 aliphatic rings. The number of nitrogens with zero attached hydrogens (tertiary/aromatic N) is 2. The number of aryl methyl sites for hydroxylation is 1. The Balaban J connectivity index is 2.39. The maximum absolute atomic E-state index is 9.84. The van der Waals surface area contributed by atoms with E-state index in [0.717, 1.165) is 36.6 Å². The molecule has 0 aromatic carbocycles. The first-order valence-corrected chi connectivity index (χ1v) is 5.57. The third-order valence-corrected chi connectivity index (χ3v) is 3.19. The third-order valence-electron chi connectivity index (χ3n) is 3.19. The molecule has 1 aliphatic heterocycles. The molecule has 2 rings (SSSR count). The second-order valence-corrected chi connectivity index (χ2v) is 4.50. The van der Waals surface area contributed by atoms with E-state index in [9.17, 15) is 5.11 Å². The third kappa shape index (κ3) is 1.79. The zero-order chi connectivity index (χ0) is 11.0. The van der Waals surface area contributed by atoms with Gasteiger partial charge in [-0.1, -0.05) is 6.92 Å². The monoisotopic (exact) mass is 209 g/mol. The van der Waals surface area contributed by atoms with Crippen molar-refractivity contribution in [2.45, 2.75) is 39.3 Å². The minimum Gasteiger partial charge on any atom is -0.385 e. The molecule has 0 aliphatic carbocycles. The number of hydrogen-bond acceptors (Lipinski definition) is 3. The fraction of sp³-hybridized carbons (Fsp3) is 0.727. The lowest BCUT2D eigenvalue weighted by atomic mass is 10.00. The van der Waals surface area contributed by atoms with Crippen molar-refractivity contribution in [3.8, 4) is 0 Å². The average molecular weight is 209 g/mol. The molecule has 2 atom stereocenters. The summed E-state index contributed by atoms with van der Waals surface area (Å²) in [7, 11) is 0. The van der Waals surface area contributed by atoms with Crippen molar-refractivity contribution < 1.29 is 5.11 Å². The molecule has 0 fully saturated rings. The summed E-state index contributed by atoms with van der Waals surface area (Å²) in [5, 5.41) is 9.84. The van der Waals surface area contributed by atoms with Crippen molar-refractivity contribution >= 4 is 0 Å². The smallest absolute Gasteiger partial charge is 0.109 e. The van der Waals surface area contributed by atoms with Gasteiger partial charge in [0, 0.05) is 19.5 Å². The van der Waals surface area contributed by atoms with Gasteiger partial charge in [-0.15, -0.1) is 0 Å². The summed E-state index contributed by atoms with van der Waals surface area (Å²) in [5.41, 5.74) is 7.35. The highest BCUT2D eigenvalue weighted by Gasteiger charge is 2.24. The van der Waals surface area contributed by atoms with E-state index in [1.807, 2.05) is 6.92 Å². The number of nitrogens with two attached hydrogens (primary N) is 1. The average Bonchev–Trinajstić information content (AvgIpc) is 2.52. The van der Waals surface area contributed by atoms with Crippen molar-refractivity contribution in [1.29, 1.82) is 0 Å². The van der Waals surface area contributed by atoms with Crippen LogP contribution in [0.4, 0.5) is 0 Å². The van der Waals surface area contributed by atoms with E-state index in [1.54, 1.807) is 0 Å². The normalized spacial score (nSPS) is 22.5. The van der Waals surface area contributed by atoms with Gasteiger partial charge in [0.05, 0.1) is 11.4 Å². The van der Waals surface area contributed by atoms with Crippen LogP contribution in [0, 0.1) is 12.8 Å². The van der Waals surface area contributed by atoms with E-state index >= 15 is 0 Å². The highest BCUT2D eigenvalue weighted by molar-refractivity contribution is 5.20. The second kappa shape index (κ2) is 3.94. The number of fused-ring (bicyclic) bond motifs is 1. The van der Waals surface area contributed by atoms with Crippen LogP contribution in [0.5, 0.6) is 0 Å². The molecule has 4 heteroatoms. The summed E-state index contributed by atoms with van der Waals surface area (Å²) in [6, 6.07) is 0. The van der Waals surface area contributed by atoms with Crippen LogP contribution >= 0.6 is 0 Å². The van der Waals surface area contributed by atoms with Gasteiger partial charge in [-0.05, 0) is 19.3 Å². The number of aromatic nitrogens is 2. The predicted octanol–water partition coefficient (Wildman–Crippen LogP) is 0.766. The highest BCUT2D eigenvalue weighted by Crippen LogP contribution is 2.26. The van der Waals surface area contributed by atoms with E-state index in [0.29, 0.717) is 5.92 Å². The molecule has 1 aromatic rings. The van der Waals surface area contributed by atoms with Gasteiger partial charge >= 0.3 is 0 Å². The Bertz CT molecular complexity index is 359. The molecule has 2 unspecified atom stereocenters. The van der Waals surface area contributed by atoms with Gasteiger partial charge in [0.15, 0.2) is 0 Å². The largest absolute Gasteiger partial charge is 0.385 e. The minimum absolute atomic E-state index is 0.265. The van der Waals surface area contributed by atoms with E-state index in [4.69, 9.17) is 5.73 Å². The fourth-order valence-electron chi connectivity index (χ4n) is 2.35. The van der Waals surface area contributed by atoms with E-state index < -0.39 is 6.10 Å². The van der Waals surface area contributed by atoms with Crippen LogP contribution in [0.15, 0.2) is 0 Å². The Kier molecular flexibility index (Phi) is 2.80. The van der Waals surface area contributed by atoms with Crippen LogP contribution in [-0.4, -0.2) is 21.2 Å². The van der Waals surface area contributed by atoms with Crippen LogP contribution in [-0.2, 0) is 13.0 Å². The molecule has 0 radical (unpaired) electrons. The van der Waals surface area contributed by atoms with Crippen molar-refractivity contribution in [2.75, 3.05) is 6.54 Å². The second-order valence-electron chi connectivity index (χ2n) is 4.50. The summed E-state index contributed by atoms with van der Waals surface area (Å²) < 4.78 is 2.15.